The van der Waals surface area contributed by atoms with E-state index in [0.29, 0.717) is 6.04 Å². The third kappa shape index (κ3) is 2.90. The number of benzene rings is 2. The Labute approximate surface area is 116 Å². The number of anilines is 1. The Morgan fingerprint density at radius 2 is 1.79 bits per heavy atom. The second kappa shape index (κ2) is 6.58. The molecule has 0 aliphatic rings. The van der Waals surface area contributed by atoms with E-state index in [1.54, 1.807) is 0 Å². The van der Waals surface area contributed by atoms with Gasteiger partial charge in [0.15, 0.2) is 0 Å². The molecule has 2 heteroatoms. The number of hydrogen-bond donors (Lipinski definition) is 1. The van der Waals surface area contributed by atoms with Gasteiger partial charge in [-0.1, -0.05) is 43.3 Å². The number of hydrogen-bond acceptors (Lipinski definition) is 2. The summed E-state index contributed by atoms with van der Waals surface area (Å²) in [4.78, 5) is 2.51. The van der Waals surface area contributed by atoms with Crippen LogP contribution in [0.5, 0.6) is 0 Å². The molecule has 0 spiro atoms. The highest BCUT2D eigenvalue weighted by Crippen LogP contribution is 2.28. The van der Waals surface area contributed by atoms with E-state index in [1.807, 2.05) is 7.05 Å². The third-order valence-corrected chi connectivity index (χ3v) is 3.77. The van der Waals surface area contributed by atoms with Crippen LogP contribution in [0.25, 0.3) is 10.8 Å². The van der Waals surface area contributed by atoms with Crippen LogP contribution in [0.4, 0.5) is 5.69 Å². The van der Waals surface area contributed by atoms with Crippen LogP contribution in [0, 0.1) is 0 Å². The molecule has 0 radical (unpaired) electrons. The van der Waals surface area contributed by atoms with Crippen LogP contribution in [-0.2, 0) is 0 Å². The lowest BCUT2D eigenvalue weighted by Crippen LogP contribution is -2.41. The molecular formula is C17H24N2. The Bertz CT molecular complexity index is 516. The summed E-state index contributed by atoms with van der Waals surface area (Å²) in [7, 11) is 2.03. The van der Waals surface area contributed by atoms with Gasteiger partial charge in [-0.15, -0.1) is 0 Å². The predicted octanol–water partition coefficient (Wildman–Crippen LogP) is 3.66. The maximum Gasteiger partial charge on any atom is 0.0448 e. The van der Waals surface area contributed by atoms with Gasteiger partial charge in [0.05, 0.1) is 0 Å². The minimum absolute atomic E-state index is 0.542. The molecule has 102 valence electrons. The van der Waals surface area contributed by atoms with Crippen molar-refractivity contribution in [3.05, 3.63) is 42.5 Å². The summed E-state index contributed by atoms with van der Waals surface area (Å²) in [6.07, 6.45) is 1.15. The summed E-state index contributed by atoms with van der Waals surface area (Å²) in [5.74, 6) is 0. The highest BCUT2D eigenvalue weighted by molar-refractivity contribution is 5.94. The SMILES string of the molecule is CCC(CNC)N(CC)c1cccc2ccccc12. The minimum Gasteiger partial charge on any atom is -0.367 e. The fourth-order valence-corrected chi connectivity index (χ4v) is 2.79. The number of rotatable bonds is 6. The van der Waals surface area contributed by atoms with E-state index in [0.717, 1.165) is 19.5 Å². The molecule has 0 saturated heterocycles. The molecule has 0 aliphatic heterocycles. The lowest BCUT2D eigenvalue weighted by Gasteiger charge is -2.33. The zero-order valence-corrected chi connectivity index (χ0v) is 12.2. The maximum atomic E-state index is 3.31. The highest BCUT2D eigenvalue weighted by Gasteiger charge is 2.16. The molecule has 0 fully saturated rings. The number of likely N-dealkylation sites (N-methyl/N-ethyl adjacent to an activating group) is 2. The second-order valence-electron chi connectivity index (χ2n) is 4.90. The van der Waals surface area contributed by atoms with Gasteiger partial charge in [0.2, 0.25) is 0 Å². The third-order valence-electron chi connectivity index (χ3n) is 3.77. The molecule has 19 heavy (non-hydrogen) atoms. The average Bonchev–Trinajstić information content (AvgIpc) is 2.47. The molecule has 0 saturated carbocycles. The predicted molar refractivity (Wildman–Crippen MR) is 85.0 cm³/mol. The smallest absolute Gasteiger partial charge is 0.0448 e. The van der Waals surface area contributed by atoms with Gasteiger partial charge < -0.3 is 10.2 Å². The Kier molecular flexibility index (Phi) is 4.80. The summed E-state index contributed by atoms with van der Waals surface area (Å²) >= 11 is 0. The van der Waals surface area contributed by atoms with Gasteiger partial charge in [-0.2, -0.15) is 0 Å². The van der Waals surface area contributed by atoms with Crippen molar-refractivity contribution in [1.29, 1.82) is 0 Å². The zero-order valence-electron chi connectivity index (χ0n) is 12.2. The fraction of sp³-hybridized carbons (Fsp3) is 0.412. The van der Waals surface area contributed by atoms with Crippen LogP contribution >= 0.6 is 0 Å². The largest absolute Gasteiger partial charge is 0.367 e. The van der Waals surface area contributed by atoms with Crippen LogP contribution in [0.2, 0.25) is 0 Å². The van der Waals surface area contributed by atoms with Crippen molar-refractivity contribution in [3.8, 4) is 0 Å². The molecule has 0 aromatic heterocycles. The van der Waals surface area contributed by atoms with Gasteiger partial charge in [0, 0.05) is 30.2 Å². The van der Waals surface area contributed by atoms with Crippen molar-refractivity contribution >= 4 is 16.5 Å². The normalized spacial score (nSPS) is 12.6. The van der Waals surface area contributed by atoms with E-state index in [9.17, 15) is 0 Å². The molecular weight excluding hydrogens is 232 g/mol. The first kappa shape index (κ1) is 13.9. The summed E-state index contributed by atoms with van der Waals surface area (Å²) < 4.78 is 0. The lowest BCUT2D eigenvalue weighted by atomic mass is 10.1. The number of fused-ring (bicyclic) bond motifs is 1. The molecule has 2 rings (SSSR count). The van der Waals surface area contributed by atoms with E-state index >= 15 is 0 Å². The van der Waals surface area contributed by atoms with Crippen molar-refractivity contribution in [2.75, 3.05) is 25.0 Å². The van der Waals surface area contributed by atoms with Gasteiger partial charge in [-0.05, 0) is 31.8 Å². The van der Waals surface area contributed by atoms with E-state index in [-0.39, 0.29) is 0 Å². The van der Waals surface area contributed by atoms with E-state index in [4.69, 9.17) is 0 Å². The van der Waals surface area contributed by atoms with Gasteiger partial charge >= 0.3 is 0 Å². The van der Waals surface area contributed by atoms with Gasteiger partial charge in [0.1, 0.15) is 0 Å². The first-order valence-corrected chi connectivity index (χ1v) is 7.20. The van der Waals surface area contributed by atoms with Crippen LogP contribution in [0.15, 0.2) is 42.5 Å². The quantitative estimate of drug-likeness (QED) is 0.848. The number of nitrogens with zero attached hydrogens (tertiary/aromatic N) is 1. The molecule has 1 atom stereocenters. The molecule has 0 heterocycles. The van der Waals surface area contributed by atoms with Crippen LogP contribution in [0.1, 0.15) is 20.3 Å². The van der Waals surface area contributed by atoms with E-state index < -0.39 is 0 Å². The van der Waals surface area contributed by atoms with Crippen molar-refractivity contribution in [1.82, 2.24) is 5.32 Å². The first-order chi connectivity index (χ1) is 9.31. The minimum atomic E-state index is 0.542. The Hall–Kier alpha value is -1.54. The molecule has 0 amide bonds. The van der Waals surface area contributed by atoms with Crippen LogP contribution < -0.4 is 10.2 Å². The van der Waals surface area contributed by atoms with Gasteiger partial charge in [0.25, 0.3) is 0 Å². The van der Waals surface area contributed by atoms with Crippen molar-refractivity contribution in [2.45, 2.75) is 26.3 Å². The Morgan fingerprint density at radius 3 is 2.47 bits per heavy atom. The number of nitrogens with one attached hydrogen (secondary N) is 1. The van der Waals surface area contributed by atoms with Gasteiger partial charge in [-0.25, -0.2) is 0 Å². The van der Waals surface area contributed by atoms with E-state index in [2.05, 4.69) is 66.5 Å². The second-order valence-corrected chi connectivity index (χ2v) is 4.90. The molecule has 2 aromatic rings. The monoisotopic (exact) mass is 256 g/mol. The zero-order chi connectivity index (χ0) is 13.7. The van der Waals surface area contributed by atoms with Crippen molar-refractivity contribution in [3.63, 3.8) is 0 Å². The summed E-state index contributed by atoms with van der Waals surface area (Å²) in [6, 6.07) is 15.8. The summed E-state index contributed by atoms with van der Waals surface area (Å²) in [6.45, 7) is 6.55. The summed E-state index contributed by atoms with van der Waals surface area (Å²) in [5, 5.41) is 5.98. The topological polar surface area (TPSA) is 15.3 Å². The maximum absolute atomic E-state index is 3.31. The lowest BCUT2D eigenvalue weighted by molar-refractivity contribution is 0.552. The van der Waals surface area contributed by atoms with Crippen molar-refractivity contribution < 1.29 is 0 Å². The van der Waals surface area contributed by atoms with Gasteiger partial charge in [-0.3, -0.25) is 0 Å². The average molecular weight is 256 g/mol. The molecule has 1 N–H and O–H groups in total. The Morgan fingerprint density at radius 1 is 1.05 bits per heavy atom. The molecule has 2 aromatic carbocycles. The Balaban J connectivity index is 2.45. The molecule has 1 unspecified atom stereocenters. The molecule has 0 aliphatic carbocycles. The molecule has 2 nitrogen and oxygen atoms in total. The molecule has 0 bridgehead atoms. The standard InChI is InChI=1S/C17H24N2/c1-4-15(13-18-3)19(5-2)17-12-8-10-14-9-6-7-11-16(14)17/h6-12,15,18H,4-5,13H2,1-3H3. The van der Waals surface area contributed by atoms with Crippen LogP contribution in [-0.4, -0.2) is 26.2 Å². The fourth-order valence-electron chi connectivity index (χ4n) is 2.79. The van der Waals surface area contributed by atoms with Crippen molar-refractivity contribution in [2.24, 2.45) is 0 Å². The van der Waals surface area contributed by atoms with E-state index in [1.165, 1.54) is 16.5 Å². The first-order valence-electron chi connectivity index (χ1n) is 7.20. The summed E-state index contributed by atoms with van der Waals surface area (Å²) in [5.41, 5.74) is 1.35. The van der Waals surface area contributed by atoms with Crippen LogP contribution in [0.3, 0.4) is 0 Å². The highest BCUT2D eigenvalue weighted by atomic mass is 15.2.